The van der Waals surface area contributed by atoms with Gasteiger partial charge in [0.2, 0.25) is 0 Å². The zero-order valence-electron chi connectivity index (χ0n) is 21.6. The Morgan fingerprint density at radius 1 is 0.600 bits per heavy atom. The molecule has 0 N–H and O–H groups in total. The molecule has 0 saturated heterocycles. The Balaban J connectivity index is -0.000000196. The molecule has 0 aromatic carbocycles. The summed E-state index contributed by atoms with van der Waals surface area (Å²) < 4.78 is 17.0. The predicted octanol–water partition coefficient (Wildman–Crippen LogP) is 8.18. The Morgan fingerprint density at radius 3 is 0.933 bits per heavy atom. The van der Waals surface area contributed by atoms with Crippen LogP contribution >= 0.6 is 15.7 Å². The van der Waals surface area contributed by atoms with Gasteiger partial charge in [0.25, 0.3) is 0 Å². The van der Waals surface area contributed by atoms with E-state index in [4.69, 9.17) is 9.30 Å². The van der Waals surface area contributed by atoms with Crippen molar-refractivity contribution in [1.29, 1.82) is 0 Å². The van der Waals surface area contributed by atoms with Crippen LogP contribution in [0.25, 0.3) is 0 Å². The summed E-state index contributed by atoms with van der Waals surface area (Å²) in [4.78, 5) is 0. The van der Waals surface area contributed by atoms with E-state index in [1.165, 1.54) is 37.4 Å². The van der Waals surface area contributed by atoms with E-state index < -0.39 is 23.9 Å². The molecule has 30 heavy (non-hydrogen) atoms. The molecule has 1 saturated carbocycles. The first-order valence-corrected chi connectivity index (χ1v) is 24.1. The van der Waals surface area contributed by atoms with Crippen molar-refractivity contribution in [3.8, 4) is 0 Å². The van der Waals surface area contributed by atoms with E-state index in [1.54, 1.807) is 7.89 Å². The first kappa shape index (κ1) is 38.5. The maximum absolute atomic E-state index is 7.50. The van der Waals surface area contributed by atoms with Crippen LogP contribution in [0.1, 0.15) is 34.6 Å². The van der Waals surface area contributed by atoms with Crippen LogP contribution in [0.2, 0.25) is 58.9 Å². The van der Waals surface area contributed by atoms with Gasteiger partial charge in [-0.3, -0.25) is 0 Å². The van der Waals surface area contributed by atoms with Gasteiger partial charge in [-0.2, -0.15) is 0 Å². The maximum atomic E-state index is 7.50. The van der Waals surface area contributed by atoms with Crippen molar-refractivity contribution in [3.63, 3.8) is 0 Å². The molecule has 5 radical (unpaired) electrons. The fourth-order valence-corrected chi connectivity index (χ4v) is 29.6. The van der Waals surface area contributed by atoms with Crippen LogP contribution in [-0.4, -0.2) is 28.4 Å². The molecule has 173 valence electrons. The molecule has 1 aliphatic carbocycles. The molecule has 0 aromatic heterocycles. The maximum Gasteiger partial charge on any atom is 0 e. The normalized spacial score (nSPS) is 17.3. The van der Waals surface area contributed by atoms with Crippen LogP contribution in [0.3, 0.4) is 0 Å². The fourth-order valence-electron chi connectivity index (χ4n) is 3.09. The Morgan fingerprint density at radius 2 is 0.800 bits per heavy atom. The molecule has 1 rings (SSSR count). The van der Waals surface area contributed by atoms with Crippen molar-refractivity contribution in [1.82, 2.24) is 0 Å². The molecule has 1 fully saturated rings. The number of hydrogen-bond donors (Lipinski definition) is 0. The molecule has 0 heterocycles. The molecule has 2 nitrogen and oxygen atoms in total. The van der Waals surface area contributed by atoms with Gasteiger partial charge < -0.3 is 0 Å². The van der Waals surface area contributed by atoms with Gasteiger partial charge in [-0.1, -0.05) is 114 Å². The van der Waals surface area contributed by atoms with Crippen molar-refractivity contribution in [2.24, 2.45) is 0 Å². The average molecular weight is 542 g/mol. The molecular weight excluding hydrogens is 498 g/mol. The van der Waals surface area contributed by atoms with E-state index in [9.17, 15) is 0 Å². The van der Waals surface area contributed by atoms with Crippen LogP contribution in [0, 0.1) is 42.9 Å². The molecule has 8 heteroatoms. The topological polar surface area (TPSA) is 39.8 Å². The molecule has 0 aliphatic heterocycles. The van der Waals surface area contributed by atoms with Crippen LogP contribution in [0.15, 0.2) is 0 Å². The van der Waals surface area contributed by atoms with E-state index in [2.05, 4.69) is 107 Å². The zero-order chi connectivity index (χ0) is 24.4. The van der Waals surface area contributed by atoms with Gasteiger partial charge in [-0.05, 0) is 29.6 Å². The third-order valence-corrected chi connectivity index (χ3v) is 29.2. The average Bonchev–Trinajstić information content (AvgIpc) is 2.73. The summed E-state index contributed by atoms with van der Waals surface area (Å²) in [6, 6.07) is 0. The van der Waals surface area contributed by atoms with Crippen LogP contribution in [-0.2, 0) is 26.4 Å². The van der Waals surface area contributed by atoms with E-state index in [0.717, 1.165) is 0 Å². The molecule has 0 bridgehead atoms. The first-order chi connectivity index (χ1) is 12.9. The smallest absolute Gasteiger partial charge is 0 e. The second-order valence-corrected chi connectivity index (χ2v) is 35.0. The Kier molecular flexibility index (Phi) is 21.6. The third-order valence-electron chi connectivity index (χ3n) is 4.74. The molecule has 0 amide bonds. The third kappa shape index (κ3) is 15.2. The van der Waals surface area contributed by atoms with E-state index >= 15 is 0 Å². The van der Waals surface area contributed by atoms with Gasteiger partial charge in [0.1, 0.15) is 0 Å². The molecule has 0 spiro atoms. The summed E-state index contributed by atoms with van der Waals surface area (Å²) in [7, 11) is 0.0603. The first-order valence-electron chi connectivity index (χ1n) is 9.86. The fraction of sp³-hybridized carbons (Fsp3) is 0.636. The minimum atomic E-state index is -1.03. The van der Waals surface area contributed by atoms with Crippen molar-refractivity contribution in [3.05, 3.63) is 42.9 Å². The molecule has 1 atom stereocenters. The van der Waals surface area contributed by atoms with Crippen LogP contribution in [0.5, 0.6) is 0 Å². The van der Waals surface area contributed by atoms with E-state index in [1.807, 2.05) is 4.54 Å². The predicted molar refractivity (Wildman–Crippen MR) is 143 cm³/mol. The molecule has 1 aliphatic rings. The molecule has 0 aromatic rings. The largest absolute Gasteiger partial charge is 0 e. The minimum absolute atomic E-state index is 0. The summed E-state index contributed by atoms with van der Waals surface area (Å²) in [5.74, 6) is 7.34. The van der Waals surface area contributed by atoms with Crippen LogP contribution < -0.4 is 0 Å². The number of rotatable bonds is 4. The van der Waals surface area contributed by atoms with Gasteiger partial charge in [0, 0.05) is 17.1 Å². The number of hydrogen-bond acceptors (Lipinski definition) is 0. The summed E-state index contributed by atoms with van der Waals surface area (Å²) in [6.07, 6.45) is 0. The van der Waals surface area contributed by atoms with Crippen LogP contribution in [0.4, 0.5) is 0 Å². The van der Waals surface area contributed by atoms with Crippen molar-refractivity contribution in [2.75, 3.05) is 0 Å². The summed E-state index contributed by atoms with van der Waals surface area (Å²) in [5, 5.41) is 0. The minimum Gasteiger partial charge on any atom is 0 e. The van der Waals surface area contributed by atoms with Crippen molar-refractivity contribution in [2.45, 2.75) is 93.5 Å². The summed E-state index contributed by atoms with van der Waals surface area (Å²) >= 11 is 0. The van der Waals surface area contributed by atoms with Gasteiger partial charge in [-0.25, -0.2) is 0 Å². The Hall–Kier alpha value is 1.25. The Bertz CT molecular complexity index is 466. The van der Waals surface area contributed by atoms with Crippen molar-refractivity contribution >= 4 is 44.1 Å². The zero-order valence-corrected chi connectivity index (χ0v) is 27.6. The summed E-state index contributed by atoms with van der Waals surface area (Å²) in [5.41, 5.74) is 0. The monoisotopic (exact) mass is 541 g/mol. The van der Waals surface area contributed by atoms with Gasteiger partial charge in [0.15, 0.2) is 0 Å². The Labute approximate surface area is 206 Å². The SMILES string of the molecule is C[C]1[C](C)[C](C)[C](C)[C]1C.C[Si](C)(C)PP=C([Si](C)(C)C)[Si](C)(C)C.[C-]#[O+].[C-]#[O+].[Fe]. The second-order valence-electron chi connectivity index (χ2n) is 10.4. The molecular formula is C22H43FeO2P2Si3. The quantitative estimate of drug-likeness (QED) is 0.149. The van der Waals surface area contributed by atoms with Gasteiger partial charge in [0.05, 0.1) is 23.9 Å². The standard InChI is InChI=1S/C10H28P2Si3.C10H15.2CO.Fe/c1-13(2,3)10(14(4,5)6)11-12-15(7,8)9;1-6-7(2)9(4)10(5)8(6)3;2*1-2;/h12H,1-9H3;1-5H3;;;. The van der Waals surface area contributed by atoms with E-state index in [0.29, 0.717) is 0 Å². The van der Waals surface area contributed by atoms with E-state index in [-0.39, 0.29) is 17.1 Å². The van der Waals surface area contributed by atoms with Gasteiger partial charge >= 0.3 is 22.6 Å². The van der Waals surface area contributed by atoms with Gasteiger partial charge in [-0.15, -0.1) is 0 Å². The summed E-state index contributed by atoms with van der Waals surface area (Å²) in [6.45, 7) is 42.7. The second kappa shape index (κ2) is 16.8. The van der Waals surface area contributed by atoms with Crippen molar-refractivity contribution < 1.29 is 26.4 Å². The molecule has 1 unspecified atom stereocenters.